The molecule has 174 valence electrons. The second kappa shape index (κ2) is 9.43. The zero-order valence-electron chi connectivity index (χ0n) is 19.7. The van der Waals surface area contributed by atoms with Gasteiger partial charge in [-0.15, -0.1) is 0 Å². The van der Waals surface area contributed by atoms with E-state index in [4.69, 9.17) is 9.97 Å². The molecule has 0 unspecified atom stereocenters. The van der Waals surface area contributed by atoms with Gasteiger partial charge in [0.2, 0.25) is 0 Å². The zero-order valence-corrected chi connectivity index (χ0v) is 19.7. The van der Waals surface area contributed by atoms with Crippen LogP contribution in [0.15, 0.2) is 36.4 Å². The first-order chi connectivity index (χ1) is 15.7. The Kier molecular flexibility index (Phi) is 6.61. The maximum atomic E-state index is 14.0. The third-order valence-electron chi connectivity index (χ3n) is 6.14. The van der Waals surface area contributed by atoms with Crippen LogP contribution in [0.25, 0.3) is 22.3 Å². The van der Waals surface area contributed by atoms with E-state index in [1.54, 1.807) is 11.0 Å². The van der Waals surface area contributed by atoms with Crippen LogP contribution < -0.4 is 4.90 Å². The smallest absolute Gasteiger partial charge is 0.251 e. The Morgan fingerprint density at radius 3 is 2.48 bits per heavy atom. The van der Waals surface area contributed by atoms with Crippen LogP contribution in [0.2, 0.25) is 0 Å². The number of hydrogen-bond acceptors (Lipinski definition) is 5. The minimum absolute atomic E-state index is 0.206. The summed E-state index contributed by atoms with van der Waals surface area (Å²) in [6.07, 6.45) is -0.493. The van der Waals surface area contributed by atoms with Gasteiger partial charge in [-0.05, 0) is 61.6 Å². The Bertz CT molecular complexity index is 1170. The number of anilines is 1. The molecule has 6 nitrogen and oxygen atoms in total. The number of benzene rings is 2. The van der Waals surface area contributed by atoms with Crippen molar-refractivity contribution in [3.63, 3.8) is 0 Å². The molecule has 2 heterocycles. The van der Waals surface area contributed by atoms with Crippen molar-refractivity contribution in [1.29, 1.82) is 0 Å². The molecule has 4 rings (SSSR count). The molecule has 0 aliphatic carbocycles. The number of aromatic nitrogens is 2. The van der Waals surface area contributed by atoms with Crippen molar-refractivity contribution in [1.82, 2.24) is 14.9 Å². The van der Waals surface area contributed by atoms with Crippen LogP contribution in [0.4, 0.5) is 10.2 Å². The maximum absolute atomic E-state index is 14.0. The van der Waals surface area contributed by atoms with Gasteiger partial charge < -0.3 is 14.9 Å². The first kappa shape index (κ1) is 23.1. The second-order valence-electron chi connectivity index (χ2n) is 9.31. The Labute approximate surface area is 194 Å². The topological polar surface area (TPSA) is 69.6 Å². The molecule has 33 heavy (non-hydrogen) atoms. The second-order valence-corrected chi connectivity index (χ2v) is 9.31. The third kappa shape index (κ3) is 4.98. The van der Waals surface area contributed by atoms with E-state index in [2.05, 4.69) is 4.90 Å². The molecule has 1 N–H and O–H groups in total. The number of halogens is 1. The van der Waals surface area contributed by atoms with Gasteiger partial charge in [-0.2, -0.15) is 0 Å². The molecule has 3 aromatic rings. The van der Waals surface area contributed by atoms with Crippen molar-refractivity contribution < 1.29 is 14.3 Å². The monoisotopic (exact) mass is 450 g/mol. The van der Waals surface area contributed by atoms with Crippen LogP contribution in [-0.2, 0) is 4.79 Å². The van der Waals surface area contributed by atoms with E-state index >= 15 is 0 Å². The maximum Gasteiger partial charge on any atom is 0.251 e. The van der Waals surface area contributed by atoms with Crippen molar-refractivity contribution in [2.45, 2.75) is 40.2 Å². The van der Waals surface area contributed by atoms with Gasteiger partial charge in [0.1, 0.15) is 17.7 Å². The van der Waals surface area contributed by atoms with Gasteiger partial charge in [0, 0.05) is 37.1 Å². The number of rotatable bonds is 5. The van der Waals surface area contributed by atoms with Crippen molar-refractivity contribution in [3.8, 4) is 11.4 Å². The molecule has 1 atom stereocenters. The van der Waals surface area contributed by atoms with E-state index in [1.165, 1.54) is 12.1 Å². The molecule has 1 fully saturated rings. The van der Waals surface area contributed by atoms with Crippen LogP contribution in [0.1, 0.15) is 31.4 Å². The molecule has 0 spiro atoms. The zero-order chi connectivity index (χ0) is 23.7. The lowest BCUT2D eigenvalue weighted by molar-refractivity contribution is -0.141. The first-order valence-corrected chi connectivity index (χ1v) is 11.5. The number of fused-ring (bicyclic) bond motifs is 1. The highest BCUT2D eigenvalue weighted by Gasteiger charge is 2.28. The van der Waals surface area contributed by atoms with E-state index in [9.17, 15) is 14.3 Å². The molecule has 1 aromatic heterocycles. The summed E-state index contributed by atoms with van der Waals surface area (Å²) in [6.45, 7) is 10.2. The molecule has 7 heteroatoms. The lowest BCUT2D eigenvalue weighted by Gasteiger charge is -2.37. The van der Waals surface area contributed by atoms with Crippen LogP contribution in [-0.4, -0.2) is 58.2 Å². The molecular formula is C26H31FN4O2. The standard InChI is InChI=1S/C26H31FN4O2/c1-16(2)13-23(32)26(33)31-11-9-30(10-12-31)25-20-8-5-17(3)14-22(20)28-24(29-25)21-15-19(27)7-6-18(21)4/h5-8,14-16,23,32H,9-13H2,1-4H3/t23-/m1/s1. The highest BCUT2D eigenvalue weighted by molar-refractivity contribution is 5.92. The lowest BCUT2D eigenvalue weighted by atomic mass is 10.0. The number of carbonyl (C=O) groups is 1. The highest BCUT2D eigenvalue weighted by atomic mass is 19.1. The Morgan fingerprint density at radius 1 is 1.06 bits per heavy atom. The van der Waals surface area contributed by atoms with Crippen LogP contribution in [0, 0.1) is 25.6 Å². The Morgan fingerprint density at radius 2 is 1.79 bits per heavy atom. The minimum atomic E-state index is -0.957. The van der Waals surface area contributed by atoms with Crippen LogP contribution in [0.5, 0.6) is 0 Å². The van der Waals surface area contributed by atoms with E-state index in [-0.39, 0.29) is 17.6 Å². The van der Waals surface area contributed by atoms with Gasteiger partial charge in [0.25, 0.3) is 5.91 Å². The molecule has 1 aliphatic rings. The van der Waals surface area contributed by atoms with E-state index < -0.39 is 6.10 Å². The number of amides is 1. The number of aliphatic hydroxyl groups is 1. The summed E-state index contributed by atoms with van der Waals surface area (Å²) < 4.78 is 14.0. The van der Waals surface area contributed by atoms with Crippen molar-refractivity contribution in [3.05, 3.63) is 53.3 Å². The van der Waals surface area contributed by atoms with Gasteiger partial charge >= 0.3 is 0 Å². The summed E-state index contributed by atoms with van der Waals surface area (Å²) >= 11 is 0. The number of hydrogen-bond donors (Lipinski definition) is 1. The molecule has 1 saturated heterocycles. The van der Waals surface area contributed by atoms with Crippen LogP contribution >= 0.6 is 0 Å². The molecular weight excluding hydrogens is 419 g/mol. The summed E-state index contributed by atoms with van der Waals surface area (Å²) in [6, 6.07) is 10.7. The number of nitrogens with zero attached hydrogens (tertiary/aromatic N) is 4. The van der Waals surface area contributed by atoms with Gasteiger partial charge in [-0.1, -0.05) is 26.0 Å². The van der Waals surface area contributed by atoms with Gasteiger partial charge in [0.05, 0.1) is 5.52 Å². The molecule has 0 saturated carbocycles. The van der Waals surface area contributed by atoms with Crippen molar-refractivity contribution >= 4 is 22.6 Å². The molecule has 0 radical (unpaired) electrons. The predicted octanol–water partition coefficient (Wildman–Crippen LogP) is 4.11. The molecule has 1 amide bonds. The largest absolute Gasteiger partial charge is 0.383 e. The summed E-state index contributed by atoms with van der Waals surface area (Å²) in [4.78, 5) is 26.1. The third-order valence-corrected chi connectivity index (χ3v) is 6.14. The van der Waals surface area contributed by atoms with E-state index in [0.717, 1.165) is 27.8 Å². The summed E-state index contributed by atoms with van der Waals surface area (Å²) in [5.41, 5.74) is 3.47. The van der Waals surface area contributed by atoms with Crippen molar-refractivity contribution in [2.75, 3.05) is 31.1 Å². The van der Waals surface area contributed by atoms with E-state index in [0.29, 0.717) is 44.0 Å². The quantitative estimate of drug-likeness (QED) is 0.634. The number of piperazine rings is 1. The first-order valence-electron chi connectivity index (χ1n) is 11.5. The predicted molar refractivity (Wildman–Crippen MR) is 129 cm³/mol. The van der Waals surface area contributed by atoms with E-state index in [1.807, 2.05) is 45.9 Å². The molecule has 2 aromatic carbocycles. The van der Waals surface area contributed by atoms with Crippen molar-refractivity contribution in [2.24, 2.45) is 5.92 Å². The molecule has 0 bridgehead atoms. The highest BCUT2D eigenvalue weighted by Crippen LogP contribution is 2.30. The normalized spacial score (nSPS) is 15.4. The number of aliphatic hydroxyl groups excluding tert-OH is 1. The Balaban J connectivity index is 1.65. The van der Waals surface area contributed by atoms with Gasteiger partial charge in [0.15, 0.2) is 5.82 Å². The number of aryl methyl sites for hydroxylation is 2. The lowest BCUT2D eigenvalue weighted by Crippen LogP contribution is -2.52. The molecule has 1 aliphatic heterocycles. The fourth-order valence-corrected chi connectivity index (χ4v) is 4.32. The van der Waals surface area contributed by atoms with Gasteiger partial charge in [-0.25, -0.2) is 14.4 Å². The summed E-state index contributed by atoms with van der Waals surface area (Å²) in [5.74, 6) is 1.00. The average molecular weight is 451 g/mol. The fourth-order valence-electron chi connectivity index (χ4n) is 4.32. The average Bonchev–Trinajstić information content (AvgIpc) is 2.79. The fraction of sp³-hybridized carbons (Fsp3) is 0.423. The summed E-state index contributed by atoms with van der Waals surface area (Å²) in [7, 11) is 0. The van der Waals surface area contributed by atoms with Gasteiger partial charge in [-0.3, -0.25) is 4.79 Å². The summed E-state index contributed by atoms with van der Waals surface area (Å²) in [5, 5.41) is 11.2. The number of carbonyl (C=O) groups excluding carboxylic acids is 1. The Hall–Kier alpha value is -3.06. The SMILES string of the molecule is Cc1ccc2c(N3CCN(C(=O)[C@H](O)CC(C)C)CC3)nc(-c3cc(F)ccc3C)nc2c1. The van der Waals surface area contributed by atoms with Crippen LogP contribution in [0.3, 0.4) is 0 Å². The minimum Gasteiger partial charge on any atom is -0.383 e.